The van der Waals surface area contributed by atoms with Gasteiger partial charge in [0.15, 0.2) is 12.6 Å². The SMILES string of the molecule is CN=C(NCc1ccc(OCC(F)(F)F)cc1)NCc1ccc(-n2cncn2)cc1.I. The summed E-state index contributed by atoms with van der Waals surface area (Å²) in [6.45, 7) is -0.271. The Labute approximate surface area is 194 Å². The predicted molar refractivity (Wildman–Crippen MR) is 122 cm³/mol. The van der Waals surface area contributed by atoms with Crippen LogP contribution in [-0.2, 0) is 13.1 Å². The fourth-order valence-electron chi connectivity index (χ4n) is 2.57. The van der Waals surface area contributed by atoms with Gasteiger partial charge in [-0.1, -0.05) is 24.3 Å². The Morgan fingerprint density at radius 3 is 2.06 bits per heavy atom. The molecule has 1 aromatic heterocycles. The number of benzene rings is 2. The highest BCUT2D eigenvalue weighted by Crippen LogP contribution is 2.18. The number of halogens is 4. The van der Waals surface area contributed by atoms with E-state index in [-0.39, 0.29) is 29.7 Å². The fourth-order valence-corrected chi connectivity index (χ4v) is 2.57. The molecule has 7 nitrogen and oxygen atoms in total. The van der Waals surface area contributed by atoms with E-state index in [1.807, 2.05) is 24.3 Å². The van der Waals surface area contributed by atoms with Crippen LogP contribution in [0.1, 0.15) is 11.1 Å². The minimum atomic E-state index is -4.35. The van der Waals surface area contributed by atoms with Gasteiger partial charge in [-0.25, -0.2) is 9.67 Å². The third kappa shape index (κ3) is 8.07. The van der Waals surface area contributed by atoms with E-state index in [1.165, 1.54) is 18.5 Å². The summed E-state index contributed by atoms with van der Waals surface area (Å²) in [5, 5.41) is 10.5. The Hall–Kier alpha value is -2.83. The summed E-state index contributed by atoms with van der Waals surface area (Å²) in [5.74, 6) is 0.778. The van der Waals surface area contributed by atoms with Gasteiger partial charge in [-0.3, -0.25) is 4.99 Å². The third-order valence-corrected chi connectivity index (χ3v) is 4.09. The van der Waals surface area contributed by atoms with Gasteiger partial charge in [0, 0.05) is 20.1 Å². The van der Waals surface area contributed by atoms with Gasteiger partial charge in [0.25, 0.3) is 0 Å². The minimum Gasteiger partial charge on any atom is -0.484 e. The minimum absolute atomic E-state index is 0. The summed E-state index contributed by atoms with van der Waals surface area (Å²) >= 11 is 0. The first-order valence-electron chi connectivity index (χ1n) is 9.10. The second-order valence-electron chi connectivity index (χ2n) is 6.33. The fraction of sp³-hybridized carbons (Fsp3) is 0.250. The smallest absolute Gasteiger partial charge is 0.422 e. The van der Waals surface area contributed by atoms with Crippen molar-refractivity contribution in [2.24, 2.45) is 4.99 Å². The lowest BCUT2D eigenvalue weighted by atomic mass is 10.2. The quantitative estimate of drug-likeness (QED) is 0.269. The molecule has 166 valence electrons. The van der Waals surface area contributed by atoms with E-state index in [2.05, 4.69) is 25.7 Å². The van der Waals surface area contributed by atoms with Crippen molar-refractivity contribution < 1.29 is 17.9 Å². The summed E-state index contributed by atoms with van der Waals surface area (Å²) in [7, 11) is 1.66. The summed E-state index contributed by atoms with van der Waals surface area (Å²) < 4.78 is 42.9. The summed E-state index contributed by atoms with van der Waals surface area (Å²) in [4.78, 5) is 8.10. The zero-order chi connectivity index (χ0) is 21.4. The van der Waals surface area contributed by atoms with Gasteiger partial charge in [0.05, 0.1) is 5.69 Å². The van der Waals surface area contributed by atoms with Crippen molar-refractivity contribution in [1.82, 2.24) is 25.4 Å². The molecule has 2 N–H and O–H groups in total. The van der Waals surface area contributed by atoms with Crippen LogP contribution in [-0.4, -0.2) is 40.6 Å². The van der Waals surface area contributed by atoms with Crippen LogP contribution < -0.4 is 15.4 Å². The van der Waals surface area contributed by atoms with E-state index < -0.39 is 12.8 Å². The van der Waals surface area contributed by atoms with Crippen molar-refractivity contribution in [3.63, 3.8) is 0 Å². The van der Waals surface area contributed by atoms with Crippen LogP contribution in [0.25, 0.3) is 5.69 Å². The molecule has 0 saturated carbocycles. The molecule has 0 unspecified atom stereocenters. The third-order valence-electron chi connectivity index (χ3n) is 4.09. The highest BCUT2D eigenvalue weighted by atomic mass is 127. The number of aliphatic imine (C=N–C) groups is 1. The van der Waals surface area contributed by atoms with Gasteiger partial charge in [-0.05, 0) is 35.4 Å². The van der Waals surface area contributed by atoms with Crippen LogP contribution in [0.15, 0.2) is 66.2 Å². The lowest BCUT2D eigenvalue weighted by Crippen LogP contribution is -2.36. The Balaban J connectivity index is 0.00000341. The second kappa shape index (κ2) is 11.5. The zero-order valence-electron chi connectivity index (χ0n) is 16.6. The van der Waals surface area contributed by atoms with Gasteiger partial charge >= 0.3 is 6.18 Å². The van der Waals surface area contributed by atoms with E-state index in [4.69, 9.17) is 4.74 Å². The Morgan fingerprint density at radius 2 is 1.58 bits per heavy atom. The summed E-state index contributed by atoms with van der Waals surface area (Å²) in [6.07, 6.45) is -1.24. The molecule has 31 heavy (non-hydrogen) atoms. The second-order valence-corrected chi connectivity index (χ2v) is 6.33. The molecule has 0 amide bonds. The number of aromatic nitrogens is 3. The van der Waals surface area contributed by atoms with Gasteiger partial charge in [-0.2, -0.15) is 18.3 Å². The number of guanidine groups is 1. The highest BCUT2D eigenvalue weighted by molar-refractivity contribution is 14.0. The molecular formula is C20H22F3IN6O. The van der Waals surface area contributed by atoms with E-state index >= 15 is 0 Å². The molecule has 0 radical (unpaired) electrons. The molecule has 3 rings (SSSR count). The lowest BCUT2D eigenvalue weighted by molar-refractivity contribution is -0.153. The first kappa shape index (κ1) is 24.4. The average molecular weight is 546 g/mol. The number of nitrogens with zero attached hydrogens (tertiary/aromatic N) is 4. The number of ether oxygens (including phenoxy) is 1. The van der Waals surface area contributed by atoms with Crippen molar-refractivity contribution in [3.8, 4) is 11.4 Å². The lowest BCUT2D eigenvalue weighted by Gasteiger charge is -2.13. The molecule has 1 heterocycles. The molecule has 0 fully saturated rings. The molecule has 0 aliphatic heterocycles. The largest absolute Gasteiger partial charge is 0.484 e. The van der Waals surface area contributed by atoms with Crippen LogP contribution >= 0.6 is 24.0 Å². The van der Waals surface area contributed by atoms with Crippen LogP contribution in [0.5, 0.6) is 5.75 Å². The first-order chi connectivity index (χ1) is 14.4. The number of hydrogen-bond acceptors (Lipinski definition) is 4. The standard InChI is InChI=1S/C20H21F3N6O.HI/c1-24-19(26-10-15-2-6-17(7-3-15)29-14-25-13-28-29)27-11-16-4-8-18(9-5-16)30-12-20(21,22)23;/h2-9,13-14H,10-12H2,1H3,(H2,24,26,27);1H. The molecule has 0 atom stereocenters. The molecule has 0 aliphatic rings. The van der Waals surface area contributed by atoms with Crippen LogP contribution in [0.3, 0.4) is 0 Å². The molecule has 0 saturated heterocycles. The molecule has 11 heteroatoms. The summed E-state index contributed by atoms with van der Waals surface area (Å²) in [6, 6.07) is 14.3. The molecular weight excluding hydrogens is 524 g/mol. The first-order valence-corrected chi connectivity index (χ1v) is 9.10. The van der Waals surface area contributed by atoms with Crippen LogP contribution in [0.2, 0.25) is 0 Å². The van der Waals surface area contributed by atoms with E-state index in [1.54, 1.807) is 30.2 Å². The van der Waals surface area contributed by atoms with Crippen molar-refractivity contribution in [1.29, 1.82) is 0 Å². The van der Waals surface area contributed by atoms with Crippen molar-refractivity contribution in [2.45, 2.75) is 19.3 Å². The Kier molecular flexibility index (Phi) is 9.09. The number of nitrogens with one attached hydrogen (secondary N) is 2. The number of alkyl halides is 3. The van der Waals surface area contributed by atoms with Crippen molar-refractivity contribution in [3.05, 3.63) is 72.3 Å². The number of rotatable bonds is 7. The average Bonchev–Trinajstić information content (AvgIpc) is 3.28. The Bertz CT molecular complexity index is 945. The molecule has 0 bridgehead atoms. The molecule has 2 aromatic carbocycles. The monoisotopic (exact) mass is 546 g/mol. The van der Waals surface area contributed by atoms with Crippen molar-refractivity contribution >= 4 is 29.9 Å². The Morgan fingerprint density at radius 1 is 1.00 bits per heavy atom. The van der Waals surface area contributed by atoms with Gasteiger partial charge in [-0.15, -0.1) is 24.0 Å². The van der Waals surface area contributed by atoms with Crippen molar-refractivity contribution in [2.75, 3.05) is 13.7 Å². The highest BCUT2D eigenvalue weighted by Gasteiger charge is 2.28. The van der Waals surface area contributed by atoms with Crippen LogP contribution in [0, 0.1) is 0 Å². The number of hydrogen-bond donors (Lipinski definition) is 2. The summed E-state index contributed by atoms with van der Waals surface area (Å²) in [5.41, 5.74) is 2.86. The topological polar surface area (TPSA) is 76.4 Å². The van der Waals surface area contributed by atoms with E-state index in [0.29, 0.717) is 19.0 Å². The normalized spacial score (nSPS) is 11.5. The molecule has 0 spiro atoms. The van der Waals surface area contributed by atoms with E-state index in [9.17, 15) is 13.2 Å². The molecule has 0 aliphatic carbocycles. The van der Waals surface area contributed by atoms with Gasteiger partial charge in [0.1, 0.15) is 18.4 Å². The predicted octanol–water partition coefficient (Wildman–Crippen LogP) is 3.69. The maximum Gasteiger partial charge on any atom is 0.422 e. The molecule has 3 aromatic rings. The van der Waals surface area contributed by atoms with Gasteiger partial charge < -0.3 is 15.4 Å². The maximum absolute atomic E-state index is 12.2. The zero-order valence-corrected chi connectivity index (χ0v) is 19.0. The van der Waals surface area contributed by atoms with Crippen LogP contribution in [0.4, 0.5) is 13.2 Å². The van der Waals surface area contributed by atoms with Gasteiger partial charge in [0.2, 0.25) is 0 Å². The maximum atomic E-state index is 12.2. The van der Waals surface area contributed by atoms with E-state index in [0.717, 1.165) is 16.8 Å².